The van der Waals surface area contributed by atoms with Crippen LogP contribution in [0.15, 0.2) is 0 Å². The highest BCUT2D eigenvalue weighted by Gasteiger charge is 2.30. The number of amides is 1. The molecule has 0 radical (unpaired) electrons. The van der Waals surface area contributed by atoms with E-state index in [9.17, 15) is 4.79 Å². The molecule has 2 fully saturated rings. The molecule has 2 saturated heterocycles. The van der Waals surface area contributed by atoms with Gasteiger partial charge in [-0.1, -0.05) is 0 Å². The Labute approximate surface area is 121 Å². The smallest absolute Gasteiger partial charge is 0.237 e. The van der Waals surface area contributed by atoms with E-state index >= 15 is 0 Å². The van der Waals surface area contributed by atoms with E-state index in [4.69, 9.17) is 4.74 Å². The summed E-state index contributed by atoms with van der Waals surface area (Å²) in [5.41, 5.74) is 0.0780. The molecular formula is C13H26ClN3O2. The van der Waals surface area contributed by atoms with Crippen molar-refractivity contribution >= 4 is 18.3 Å². The van der Waals surface area contributed by atoms with E-state index in [1.54, 1.807) is 0 Å². The highest BCUT2D eigenvalue weighted by molar-refractivity contribution is 5.85. The number of ether oxygens (including phenoxy) is 1. The van der Waals surface area contributed by atoms with Gasteiger partial charge in [0, 0.05) is 25.2 Å². The van der Waals surface area contributed by atoms with Gasteiger partial charge in [0.2, 0.25) is 5.91 Å². The standard InChI is InChI=1S/C13H25N3O2.ClH/c1-13(2)10-18-9-8-16(13)7-6-15-12(17)11-4-3-5-14-11;/h11,14H,3-10H2,1-2H3,(H,15,17);1H/t11-;/m0./s1. The van der Waals surface area contributed by atoms with Gasteiger partial charge in [-0.15, -0.1) is 12.4 Å². The van der Waals surface area contributed by atoms with Gasteiger partial charge in [-0.05, 0) is 33.2 Å². The first-order chi connectivity index (χ1) is 8.59. The van der Waals surface area contributed by atoms with Crippen molar-refractivity contribution < 1.29 is 9.53 Å². The van der Waals surface area contributed by atoms with E-state index in [1.807, 2.05) is 0 Å². The lowest BCUT2D eigenvalue weighted by Crippen LogP contribution is -2.55. The zero-order valence-corrected chi connectivity index (χ0v) is 12.7. The molecule has 2 aliphatic rings. The van der Waals surface area contributed by atoms with Gasteiger partial charge < -0.3 is 15.4 Å². The second kappa shape index (κ2) is 7.43. The van der Waals surface area contributed by atoms with Crippen LogP contribution in [-0.4, -0.2) is 61.8 Å². The van der Waals surface area contributed by atoms with Crippen molar-refractivity contribution in [3.8, 4) is 0 Å². The van der Waals surface area contributed by atoms with Crippen LogP contribution in [0.5, 0.6) is 0 Å². The second-order valence-electron chi connectivity index (χ2n) is 5.79. The van der Waals surface area contributed by atoms with Crippen LogP contribution in [0.1, 0.15) is 26.7 Å². The maximum absolute atomic E-state index is 11.8. The minimum Gasteiger partial charge on any atom is -0.378 e. The molecule has 0 saturated carbocycles. The van der Waals surface area contributed by atoms with Gasteiger partial charge in [0.25, 0.3) is 0 Å². The van der Waals surface area contributed by atoms with Crippen LogP contribution in [0.25, 0.3) is 0 Å². The minimum atomic E-state index is 0. The Morgan fingerprint density at radius 2 is 2.32 bits per heavy atom. The van der Waals surface area contributed by atoms with E-state index in [2.05, 4.69) is 29.4 Å². The molecule has 1 amide bonds. The summed E-state index contributed by atoms with van der Waals surface area (Å²) in [7, 11) is 0. The molecular weight excluding hydrogens is 266 g/mol. The number of hydrogen-bond donors (Lipinski definition) is 2. The SMILES string of the molecule is CC1(C)COCCN1CCNC(=O)[C@@H]1CCCN1.Cl. The number of carbonyl (C=O) groups excluding carboxylic acids is 1. The summed E-state index contributed by atoms with van der Waals surface area (Å²) in [6.45, 7) is 9.47. The molecule has 0 spiro atoms. The fourth-order valence-electron chi connectivity index (χ4n) is 2.65. The molecule has 6 heteroatoms. The molecule has 0 bridgehead atoms. The predicted octanol–water partition coefficient (Wildman–Crippen LogP) is 0.387. The topological polar surface area (TPSA) is 53.6 Å². The number of morpholine rings is 1. The number of nitrogens with zero attached hydrogens (tertiary/aromatic N) is 1. The summed E-state index contributed by atoms with van der Waals surface area (Å²) in [6, 6.07) is 0.0303. The lowest BCUT2D eigenvalue weighted by atomic mass is 10.0. The lowest BCUT2D eigenvalue weighted by Gasteiger charge is -2.42. The molecule has 0 aliphatic carbocycles. The highest BCUT2D eigenvalue weighted by Crippen LogP contribution is 2.17. The average Bonchev–Trinajstić information content (AvgIpc) is 2.84. The average molecular weight is 292 g/mol. The van der Waals surface area contributed by atoms with Crippen molar-refractivity contribution in [2.75, 3.05) is 39.4 Å². The lowest BCUT2D eigenvalue weighted by molar-refractivity contribution is -0.123. The molecule has 2 heterocycles. The van der Waals surface area contributed by atoms with E-state index in [0.29, 0.717) is 0 Å². The van der Waals surface area contributed by atoms with Gasteiger partial charge in [-0.2, -0.15) is 0 Å². The Hall–Kier alpha value is -0.360. The largest absolute Gasteiger partial charge is 0.378 e. The fraction of sp³-hybridized carbons (Fsp3) is 0.923. The van der Waals surface area contributed by atoms with Crippen LogP contribution in [0.4, 0.5) is 0 Å². The van der Waals surface area contributed by atoms with Crippen molar-refractivity contribution in [1.82, 2.24) is 15.5 Å². The Morgan fingerprint density at radius 3 is 2.95 bits per heavy atom. The first kappa shape index (κ1) is 16.7. The van der Waals surface area contributed by atoms with Gasteiger partial charge in [-0.3, -0.25) is 9.69 Å². The number of carbonyl (C=O) groups is 1. The molecule has 2 N–H and O–H groups in total. The van der Waals surface area contributed by atoms with E-state index in [0.717, 1.165) is 52.2 Å². The summed E-state index contributed by atoms with van der Waals surface area (Å²) in [5.74, 6) is 0.151. The zero-order valence-electron chi connectivity index (χ0n) is 11.9. The molecule has 19 heavy (non-hydrogen) atoms. The van der Waals surface area contributed by atoms with Crippen molar-refractivity contribution in [3.05, 3.63) is 0 Å². The van der Waals surface area contributed by atoms with E-state index in [1.165, 1.54) is 0 Å². The van der Waals surface area contributed by atoms with Crippen LogP contribution in [0.3, 0.4) is 0 Å². The first-order valence-electron chi connectivity index (χ1n) is 6.93. The van der Waals surface area contributed by atoms with Crippen molar-refractivity contribution in [2.24, 2.45) is 0 Å². The van der Waals surface area contributed by atoms with E-state index in [-0.39, 0.29) is 29.9 Å². The highest BCUT2D eigenvalue weighted by atomic mass is 35.5. The number of nitrogens with one attached hydrogen (secondary N) is 2. The third-order valence-electron chi connectivity index (χ3n) is 3.87. The van der Waals surface area contributed by atoms with E-state index < -0.39 is 0 Å². The monoisotopic (exact) mass is 291 g/mol. The molecule has 1 atom stereocenters. The number of rotatable bonds is 4. The van der Waals surface area contributed by atoms with Gasteiger partial charge in [0.1, 0.15) is 0 Å². The van der Waals surface area contributed by atoms with Crippen molar-refractivity contribution in [2.45, 2.75) is 38.3 Å². The molecule has 2 aliphatic heterocycles. The van der Waals surface area contributed by atoms with Crippen LogP contribution in [-0.2, 0) is 9.53 Å². The van der Waals surface area contributed by atoms with Crippen LogP contribution in [0, 0.1) is 0 Å². The fourth-order valence-corrected chi connectivity index (χ4v) is 2.65. The second-order valence-corrected chi connectivity index (χ2v) is 5.79. The zero-order chi connectivity index (χ0) is 13.0. The molecule has 112 valence electrons. The Kier molecular flexibility index (Phi) is 6.53. The Bertz CT molecular complexity index is 294. The number of halogens is 1. The molecule has 0 aromatic rings. The summed E-state index contributed by atoms with van der Waals surface area (Å²) < 4.78 is 5.48. The van der Waals surface area contributed by atoms with Gasteiger partial charge >= 0.3 is 0 Å². The Morgan fingerprint density at radius 1 is 1.53 bits per heavy atom. The normalized spacial score (nSPS) is 26.7. The van der Waals surface area contributed by atoms with Crippen molar-refractivity contribution in [3.63, 3.8) is 0 Å². The molecule has 2 rings (SSSR count). The number of hydrogen-bond acceptors (Lipinski definition) is 4. The van der Waals surface area contributed by atoms with Gasteiger partial charge in [0.05, 0.1) is 19.3 Å². The maximum Gasteiger partial charge on any atom is 0.237 e. The minimum absolute atomic E-state index is 0. The van der Waals surface area contributed by atoms with Crippen LogP contribution < -0.4 is 10.6 Å². The summed E-state index contributed by atoms with van der Waals surface area (Å²) >= 11 is 0. The third kappa shape index (κ3) is 4.60. The van der Waals surface area contributed by atoms with Gasteiger partial charge in [0.15, 0.2) is 0 Å². The molecule has 0 aromatic carbocycles. The third-order valence-corrected chi connectivity index (χ3v) is 3.87. The first-order valence-corrected chi connectivity index (χ1v) is 6.93. The molecule has 0 unspecified atom stereocenters. The predicted molar refractivity (Wildman–Crippen MR) is 77.8 cm³/mol. The Balaban J connectivity index is 0.00000180. The van der Waals surface area contributed by atoms with Crippen LogP contribution >= 0.6 is 12.4 Å². The molecule has 0 aromatic heterocycles. The quantitative estimate of drug-likeness (QED) is 0.787. The van der Waals surface area contributed by atoms with Gasteiger partial charge in [-0.25, -0.2) is 0 Å². The molecule has 5 nitrogen and oxygen atoms in total. The summed E-state index contributed by atoms with van der Waals surface area (Å²) in [6.07, 6.45) is 2.07. The van der Waals surface area contributed by atoms with Crippen molar-refractivity contribution in [1.29, 1.82) is 0 Å². The summed E-state index contributed by atoms with van der Waals surface area (Å²) in [5, 5.41) is 6.24. The van der Waals surface area contributed by atoms with Crippen LogP contribution in [0.2, 0.25) is 0 Å². The maximum atomic E-state index is 11.8. The summed E-state index contributed by atoms with van der Waals surface area (Å²) in [4.78, 5) is 14.2.